The van der Waals surface area contributed by atoms with Gasteiger partial charge in [-0.05, 0) is 30.9 Å². The fraction of sp³-hybridized carbons (Fsp3) is 0.375. The third-order valence-electron chi connectivity index (χ3n) is 4.26. The third-order valence-corrected chi connectivity index (χ3v) is 4.26. The minimum atomic E-state index is -0.461. The molecule has 0 saturated heterocycles. The van der Waals surface area contributed by atoms with Crippen molar-refractivity contribution in [2.75, 3.05) is 18.5 Å². The SMILES string of the molecule is CN(CC1CCC1)c1cc(C#N)c2cc([N+](=O)[O-])ccc2n1. The molecule has 0 amide bonds. The molecule has 112 valence electrons. The minimum Gasteiger partial charge on any atom is -0.359 e. The maximum absolute atomic E-state index is 10.9. The van der Waals surface area contributed by atoms with Gasteiger partial charge in [-0.3, -0.25) is 10.1 Å². The molecule has 0 unspecified atom stereocenters. The number of aromatic nitrogens is 1. The maximum atomic E-state index is 10.9. The molecule has 3 rings (SSSR count). The van der Waals surface area contributed by atoms with E-state index in [-0.39, 0.29) is 5.69 Å². The number of benzene rings is 1. The zero-order valence-electron chi connectivity index (χ0n) is 12.3. The van der Waals surface area contributed by atoms with Gasteiger partial charge in [0.1, 0.15) is 5.82 Å². The van der Waals surface area contributed by atoms with Crippen LogP contribution >= 0.6 is 0 Å². The smallest absolute Gasteiger partial charge is 0.270 e. The average Bonchev–Trinajstić information content (AvgIpc) is 2.48. The number of non-ortho nitro benzene ring substituents is 1. The van der Waals surface area contributed by atoms with E-state index in [0.717, 1.165) is 12.4 Å². The van der Waals surface area contributed by atoms with Gasteiger partial charge in [0.25, 0.3) is 5.69 Å². The van der Waals surface area contributed by atoms with Gasteiger partial charge < -0.3 is 4.90 Å². The fourth-order valence-corrected chi connectivity index (χ4v) is 2.76. The lowest BCUT2D eigenvalue weighted by Gasteiger charge is -2.30. The third kappa shape index (κ3) is 2.58. The van der Waals surface area contributed by atoms with E-state index in [0.29, 0.717) is 22.4 Å². The summed E-state index contributed by atoms with van der Waals surface area (Å²) >= 11 is 0. The number of nitrogens with zero attached hydrogens (tertiary/aromatic N) is 4. The number of nitro benzene ring substituents is 1. The molecule has 2 aromatic rings. The molecule has 0 atom stereocenters. The average molecular weight is 296 g/mol. The Bertz CT molecular complexity index is 778. The van der Waals surface area contributed by atoms with Crippen LogP contribution in [0, 0.1) is 27.4 Å². The maximum Gasteiger partial charge on any atom is 0.270 e. The molecule has 1 aromatic heterocycles. The Kier molecular flexibility index (Phi) is 3.63. The number of nitro groups is 1. The molecular weight excluding hydrogens is 280 g/mol. The normalized spacial score (nSPS) is 14.4. The van der Waals surface area contributed by atoms with Gasteiger partial charge in [0.2, 0.25) is 0 Å². The highest BCUT2D eigenvalue weighted by Gasteiger charge is 2.20. The molecule has 0 bridgehead atoms. The summed E-state index contributed by atoms with van der Waals surface area (Å²) in [7, 11) is 1.97. The molecule has 1 fully saturated rings. The molecule has 1 heterocycles. The van der Waals surface area contributed by atoms with Crippen LogP contribution in [0.4, 0.5) is 11.5 Å². The molecular formula is C16H16N4O2. The number of pyridine rings is 1. The monoisotopic (exact) mass is 296 g/mol. The van der Waals surface area contributed by atoms with E-state index < -0.39 is 4.92 Å². The second-order valence-electron chi connectivity index (χ2n) is 5.78. The molecule has 0 aliphatic heterocycles. The Balaban J connectivity index is 2.01. The van der Waals surface area contributed by atoms with Crippen molar-refractivity contribution in [3.8, 4) is 6.07 Å². The first kappa shape index (κ1) is 14.3. The fourth-order valence-electron chi connectivity index (χ4n) is 2.76. The highest BCUT2D eigenvalue weighted by Crippen LogP contribution is 2.30. The van der Waals surface area contributed by atoms with Crippen LogP contribution in [0.2, 0.25) is 0 Å². The number of hydrogen-bond donors (Lipinski definition) is 0. The first-order valence-electron chi connectivity index (χ1n) is 7.29. The Morgan fingerprint density at radius 2 is 2.23 bits per heavy atom. The van der Waals surface area contributed by atoms with E-state index in [1.165, 1.54) is 31.4 Å². The van der Waals surface area contributed by atoms with Gasteiger partial charge in [-0.1, -0.05) is 6.42 Å². The number of fused-ring (bicyclic) bond motifs is 1. The lowest BCUT2D eigenvalue weighted by Crippen LogP contribution is -2.29. The highest BCUT2D eigenvalue weighted by molar-refractivity contribution is 5.88. The Morgan fingerprint density at radius 1 is 1.45 bits per heavy atom. The van der Waals surface area contributed by atoms with E-state index in [2.05, 4.69) is 16.0 Å². The summed E-state index contributed by atoms with van der Waals surface area (Å²) in [6.45, 7) is 0.927. The van der Waals surface area contributed by atoms with Crippen molar-refractivity contribution >= 4 is 22.4 Å². The summed E-state index contributed by atoms with van der Waals surface area (Å²) in [6.07, 6.45) is 3.78. The van der Waals surface area contributed by atoms with Crippen LogP contribution in [-0.4, -0.2) is 23.5 Å². The van der Waals surface area contributed by atoms with E-state index in [9.17, 15) is 15.4 Å². The predicted molar refractivity (Wildman–Crippen MR) is 83.7 cm³/mol. The minimum absolute atomic E-state index is 0.0265. The van der Waals surface area contributed by atoms with Crippen LogP contribution in [-0.2, 0) is 0 Å². The van der Waals surface area contributed by atoms with Crippen LogP contribution in [0.25, 0.3) is 10.9 Å². The summed E-state index contributed by atoms with van der Waals surface area (Å²) in [6, 6.07) is 8.28. The molecule has 22 heavy (non-hydrogen) atoms. The second-order valence-corrected chi connectivity index (χ2v) is 5.78. The molecule has 6 nitrogen and oxygen atoms in total. The quantitative estimate of drug-likeness (QED) is 0.638. The first-order valence-corrected chi connectivity index (χ1v) is 7.29. The molecule has 6 heteroatoms. The highest BCUT2D eigenvalue weighted by atomic mass is 16.6. The number of anilines is 1. The Morgan fingerprint density at radius 3 is 2.82 bits per heavy atom. The molecule has 1 aromatic carbocycles. The molecule has 0 radical (unpaired) electrons. The van der Waals surface area contributed by atoms with Gasteiger partial charge in [-0.15, -0.1) is 0 Å². The van der Waals surface area contributed by atoms with Crippen LogP contribution in [0.15, 0.2) is 24.3 Å². The van der Waals surface area contributed by atoms with E-state index in [1.54, 1.807) is 12.1 Å². The summed E-state index contributed by atoms with van der Waals surface area (Å²) in [5.74, 6) is 1.44. The topological polar surface area (TPSA) is 83.1 Å². The lowest BCUT2D eigenvalue weighted by atomic mass is 9.85. The summed E-state index contributed by atoms with van der Waals surface area (Å²) in [4.78, 5) is 17.0. The van der Waals surface area contributed by atoms with Gasteiger partial charge >= 0.3 is 0 Å². The summed E-state index contributed by atoms with van der Waals surface area (Å²) in [5.41, 5.74) is 1.01. The van der Waals surface area contributed by atoms with Crippen LogP contribution in [0.5, 0.6) is 0 Å². The van der Waals surface area contributed by atoms with Gasteiger partial charge in [-0.2, -0.15) is 5.26 Å². The van der Waals surface area contributed by atoms with Crippen molar-refractivity contribution in [2.45, 2.75) is 19.3 Å². The predicted octanol–water partition coefficient (Wildman–Crippen LogP) is 3.25. The van der Waals surface area contributed by atoms with Gasteiger partial charge in [0, 0.05) is 31.1 Å². The molecule has 0 spiro atoms. The van der Waals surface area contributed by atoms with Crippen molar-refractivity contribution in [1.29, 1.82) is 5.26 Å². The number of hydrogen-bond acceptors (Lipinski definition) is 5. The Labute approximate surface area is 128 Å². The zero-order chi connectivity index (χ0) is 15.7. The molecule has 0 N–H and O–H groups in total. The van der Waals surface area contributed by atoms with Crippen molar-refractivity contribution in [2.24, 2.45) is 5.92 Å². The first-order chi connectivity index (χ1) is 10.6. The van der Waals surface area contributed by atoms with Crippen molar-refractivity contribution in [3.05, 3.63) is 39.9 Å². The van der Waals surface area contributed by atoms with Crippen LogP contribution in [0.1, 0.15) is 24.8 Å². The van der Waals surface area contributed by atoms with E-state index >= 15 is 0 Å². The Hall–Kier alpha value is -2.68. The van der Waals surface area contributed by atoms with Gasteiger partial charge in [-0.25, -0.2) is 4.98 Å². The largest absolute Gasteiger partial charge is 0.359 e. The van der Waals surface area contributed by atoms with Crippen LogP contribution < -0.4 is 4.90 Å². The van der Waals surface area contributed by atoms with Crippen molar-refractivity contribution < 1.29 is 4.92 Å². The lowest BCUT2D eigenvalue weighted by molar-refractivity contribution is -0.384. The molecule has 1 saturated carbocycles. The second kappa shape index (κ2) is 5.60. The summed E-state index contributed by atoms with van der Waals surface area (Å²) in [5, 5.41) is 20.7. The standard InChI is InChI=1S/C16H16N4O2/c1-19(10-11-3-2-4-11)16-7-12(9-17)14-8-13(20(21)22)5-6-15(14)18-16/h5-8,11H,2-4,10H2,1H3. The zero-order valence-corrected chi connectivity index (χ0v) is 12.3. The van der Waals surface area contributed by atoms with Crippen molar-refractivity contribution in [1.82, 2.24) is 4.98 Å². The molecule has 1 aliphatic carbocycles. The van der Waals surface area contributed by atoms with E-state index in [4.69, 9.17) is 0 Å². The number of nitriles is 1. The summed E-state index contributed by atoms with van der Waals surface area (Å²) < 4.78 is 0. The molecule has 1 aliphatic rings. The van der Waals surface area contributed by atoms with Crippen LogP contribution in [0.3, 0.4) is 0 Å². The van der Waals surface area contributed by atoms with E-state index in [1.807, 2.05) is 7.05 Å². The van der Waals surface area contributed by atoms with Gasteiger partial charge in [0.15, 0.2) is 0 Å². The number of rotatable bonds is 4. The van der Waals surface area contributed by atoms with Crippen molar-refractivity contribution in [3.63, 3.8) is 0 Å². The van der Waals surface area contributed by atoms with Gasteiger partial charge in [0.05, 0.1) is 22.1 Å².